The fourth-order valence-corrected chi connectivity index (χ4v) is 2.80. The van der Waals surface area contributed by atoms with Gasteiger partial charge in [0.1, 0.15) is 16.7 Å². The lowest BCUT2D eigenvalue weighted by Gasteiger charge is -2.01. The summed E-state index contributed by atoms with van der Waals surface area (Å²) in [7, 11) is 1.91. The smallest absolute Gasteiger partial charge is 0.190 e. The highest BCUT2D eigenvalue weighted by Crippen LogP contribution is 2.27. The van der Waals surface area contributed by atoms with E-state index in [1.165, 1.54) is 0 Å². The summed E-state index contributed by atoms with van der Waals surface area (Å²) in [5.74, 6) is 1.40. The molecule has 4 aromatic rings. The second-order valence-corrected chi connectivity index (χ2v) is 5.22. The SMILES string of the molecule is Cc1nc(Cl)cc2nnc(-c3nn(C)c4ccccc34)n12. The molecule has 0 amide bonds. The molecular weight excluding hydrogens is 288 g/mol. The lowest BCUT2D eigenvalue weighted by atomic mass is 10.2. The van der Waals surface area contributed by atoms with Crippen LogP contribution in [0.15, 0.2) is 30.3 Å². The summed E-state index contributed by atoms with van der Waals surface area (Å²) in [4.78, 5) is 4.26. The van der Waals surface area contributed by atoms with Crippen molar-refractivity contribution in [1.29, 1.82) is 0 Å². The van der Waals surface area contributed by atoms with Crippen molar-refractivity contribution in [2.45, 2.75) is 6.92 Å². The molecule has 0 aliphatic heterocycles. The highest BCUT2D eigenvalue weighted by atomic mass is 35.5. The van der Waals surface area contributed by atoms with Crippen molar-refractivity contribution < 1.29 is 0 Å². The van der Waals surface area contributed by atoms with Gasteiger partial charge in [0.15, 0.2) is 11.5 Å². The van der Waals surface area contributed by atoms with Crippen molar-refractivity contribution in [2.75, 3.05) is 0 Å². The molecule has 0 bridgehead atoms. The van der Waals surface area contributed by atoms with E-state index in [4.69, 9.17) is 11.6 Å². The maximum Gasteiger partial charge on any atom is 0.190 e. The number of hydrogen-bond donors (Lipinski definition) is 0. The van der Waals surface area contributed by atoms with Gasteiger partial charge in [-0.05, 0) is 13.0 Å². The normalized spacial score (nSPS) is 11.6. The van der Waals surface area contributed by atoms with Gasteiger partial charge < -0.3 is 0 Å². The number of aryl methyl sites for hydroxylation is 2. The van der Waals surface area contributed by atoms with Gasteiger partial charge in [0.05, 0.1) is 5.52 Å². The van der Waals surface area contributed by atoms with E-state index in [1.54, 1.807) is 6.07 Å². The van der Waals surface area contributed by atoms with Crippen LogP contribution in [0.2, 0.25) is 5.15 Å². The molecule has 0 spiro atoms. The number of nitrogens with zero attached hydrogens (tertiary/aromatic N) is 6. The molecule has 104 valence electrons. The van der Waals surface area contributed by atoms with Crippen molar-refractivity contribution in [3.63, 3.8) is 0 Å². The Morgan fingerprint density at radius 1 is 1.14 bits per heavy atom. The lowest BCUT2D eigenvalue weighted by Crippen LogP contribution is -1.99. The predicted octanol–water partition coefficient (Wildman–Crippen LogP) is 2.64. The topological polar surface area (TPSA) is 60.9 Å². The summed E-state index contributed by atoms with van der Waals surface area (Å²) in [6, 6.07) is 9.71. The first-order valence-corrected chi connectivity index (χ1v) is 6.83. The number of hydrogen-bond acceptors (Lipinski definition) is 4. The third-order valence-electron chi connectivity index (χ3n) is 3.50. The van der Waals surface area contributed by atoms with Crippen molar-refractivity contribution in [3.05, 3.63) is 41.3 Å². The average Bonchev–Trinajstić information content (AvgIpc) is 3.01. The Hall–Kier alpha value is -2.47. The lowest BCUT2D eigenvalue weighted by molar-refractivity contribution is 0.795. The van der Waals surface area contributed by atoms with E-state index >= 15 is 0 Å². The van der Waals surface area contributed by atoms with Gasteiger partial charge in [0.2, 0.25) is 0 Å². The summed E-state index contributed by atoms with van der Waals surface area (Å²) in [5.41, 5.74) is 2.49. The Kier molecular flexibility index (Phi) is 2.49. The van der Waals surface area contributed by atoms with Crippen LogP contribution in [0.5, 0.6) is 0 Å². The Morgan fingerprint density at radius 3 is 2.81 bits per heavy atom. The molecule has 3 aromatic heterocycles. The van der Waals surface area contributed by atoms with Gasteiger partial charge >= 0.3 is 0 Å². The molecule has 0 unspecified atom stereocenters. The van der Waals surface area contributed by atoms with Crippen molar-refractivity contribution in [1.82, 2.24) is 29.4 Å². The van der Waals surface area contributed by atoms with E-state index in [2.05, 4.69) is 20.3 Å². The molecule has 0 N–H and O–H groups in total. The summed E-state index contributed by atoms with van der Waals surface area (Å²) in [6.45, 7) is 1.87. The minimum atomic E-state index is 0.407. The summed E-state index contributed by atoms with van der Waals surface area (Å²) < 4.78 is 3.70. The minimum absolute atomic E-state index is 0.407. The second kappa shape index (κ2) is 4.26. The Morgan fingerprint density at radius 2 is 1.95 bits per heavy atom. The van der Waals surface area contributed by atoms with E-state index in [1.807, 2.05) is 47.3 Å². The minimum Gasteiger partial charge on any atom is -0.267 e. The molecule has 21 heavy (non-hydrogen) atoms. The van der Waals surface area contributed by atoms with Crippen LogP contribution in [-0.4, -0.2) is 29.4 Å². The number of rotatable bonds is 1. The quantitative estimate of drug-likeness (QED) is 0.507. The average molecular weight is 299 g/mol. The monoisotopic (exact) mass is 298 g/mol. The summed E-state index contributed by atoms with van der Waals surface area (Å²) >= 11 is 5.97. The van der Waals surface area contributed by atoms with Crippen LogP contribution < -0.4 is 0 Å². The summed E-state index contributed by atoms with van der Waals surface area (Å²) in [5, 5.41) is 14.5. The van der Waals surface area contributed by atoms with Gasteiger partial charge in [-0.25, -0.2) is 4.98 Å². The predicted molar refractivity (Wildman–Crippen MR) is 80.2 cm³/mol. The van der Waals surface area contributed by atoms with E-state index in [-0.39, 0.29) is 0 Å². The van der Waals surface area contributed by atoms with E-state index < -0.39 is 0 Å². The zero-order valence-electron chi connectivity index (χ0n) is 11.4. The standard InChI is InChI=1S/C14H11ClN6/c1-8-16-11(15)7-12-17-18-14(21(8)12)13-9-5-3-4-6-10(9)20(2)19-13/h3-7H,1-2H3. The first-order valence-electron chi connectivity index (χ1n) is 6.45. The van der Waals surface area contributed by atoms with E-state index in [9.17, 15) is 0 Å². The fourth-order valence-electron chi connectivity index (χ4n) is 2.58. The number of para-hydroxylation sites is 1. The highest BCUT2D eigenvalue weighted by Gasteiger charge is 2.17. The van der Waals surface area contributed by atoms with Crippen LogP contribution >= 0.6 is 11.6 Å². The number of aromatic nitrogens is 6. The molecule has 0 fully saturated rings. The highest BCUT2D eigenvalue weighted by molar-refractivity contribution is 6.29. The van der Waals surface area contributed by atoms with Gasteiger partial charge in [-0.3, -0.25) is 9.08 Å². The molecule has 0 saturated heterocycles. The van der Waals surface area contributed by atoms with E-state index in [0.717, 1.165) is 22.4 Å². The molecule has 7 heteroatoms. The van der Waals surface area contributed by atoms with Crippen LogP contribution in [0.3, 0.4) is 0 Å². The number of fused-ring (bicyclic) bond motifs is 2. The van der Waals surface area contributed by atoms with Crippen molar-refractivity contribution in [3.8, 4) is 11.5 Å². The van der Waals surface area contributed by atoms with Gasteiger partial charge in [-0.2, -0.15) is 5.10 Å². The number of halogens is 1. The molecule has 4 rings (SSSR count). The third-order valence-corrected chi connectivity index (χ3v) is 3.69. The molecule has 0 aliphatic rings. The van der Waals surface area contributed by atoms with Crippen LogP contribution in [-0.2, 0) is 7.05 Å². The Balaban J connectivity index is 2.10. The molecule has 3 heterocycles. The van der Waals surface area contributed by atoms with Crippen molar-refractivity contribution >= 4 is 28.2 Å². The zero-order chi connectivity index (χ0) is 14.6. The third kappa shape index (κ3) is 1.72. The van der Waals surface area contributed by atoms with Gasteiger partial charge in [0.25, 0.3) is 0 Å². The van der Waals surface area contributed by atoms with Gasteiger partial charge in [-0.15, -0.1) is 10.2 Å². The van der Waals surface area contributed by atoms with Crippen molar-refractivity contribution in [2.24, 2.45) is 7.05 Å². The molecule has 6 nitrogen and oxygen atoms in total. The van der Waals surface area contributed by atoms with E-state index in [0.29, 0.717) is 16.6 Å². The summed E-state index contributed by atoms with van der Waals surface area (Å²) in [6.07, 6.45) is 0. The first kappa shape index (κ1) is 12.3. The largest absolute Gasteiger partial charge is 0.267 e. The van der Waals surface area contributed by atoms with Crippen LogP contribution in [0.1, 0.15) is 5.82 Å². The number of benzene rings is 1. The fraction of sp³-hybridized carbons (Fsp3) is 0.143. The van der Waals surface area contributed by atoms with Gasteiger partial charge in [-0.1, -0.05) is 29.8 Å². The molecule has 1 aromatic carbocycles. The Bertz CT molecular complexity index is 984. The second-order valence-electron chi connectivity index (χ2n) is 4.83. The molecule has 0 saturated carbocycles. The van der Waals surface area contributed by atoms with Crippen LogP contribution in [0, 0.1) is 6.92 Å². The molecular formula is C14H11ClN6. The van der Waals surface area contributed by atoms with Crippen LogP contribution in [0.4, 0.5) is 0 Å². The maximum absolute atomic E-state index is 5.97. The van der Waals surface area contributed by atoms with Gasteiger partial charge in [0, 0.05) is 18.5 Å². The zero-order valence-corrected chi connectivity index (χ0v) is 12.2. The first-order chi connectivity index (χ1) is 10.1. The van der Waals surface area contributed by atoms with Crippen LogP contribution in [0.25, 0.3) is 28.1 Å². The molecule has 0 aliphatic carbocycles. The molecule has 0 radical (unpaired) electrons. The molecule has 0 atom stereocenters. The Labute approximate surface area is 125 Å². The maximum atomic E-state index is 5.97.